The van der Waals surface area contributed by atoms with Crippen LogP contribution < -0.4 is 10.2 Å². The highest BCUT2D eigenvalue weighted by Crippen LogP contribution is 2.27. The fraction of sp³-hybridized carbons (Fsp3) is 0.412. The van der Waals surface area contributed by atoms with E-state index in [0.717, 1.165) is 0 Å². The molecule has 156 valence electrons. The number of nitrogens with one attached hydrogen (secondary N) is 1. The number of halogens is 2. The Balaban J connectivity index is 1.72. The van der Waals surface area contributed by atoms with Gasteiger partial charge in [-0.1, -0.05) is 5.21 Å². The smallest absolute Gasteiger partial charge is 0.256 e. The van der Waals surface area contributed by atoms with Crippen molar-refractivity contribution in [1.29, 1.82) is 0 Å². The van der Waals surface area contributed by atoms with Crippen LogP contribution in [0.4, 0.5) is 14.5 Å². The van der Waals surface area contributed by atoms with Gasteiger partial charge < -0.3 is 25.0 Å². The quantitative estimate of drug-likeness (QED) is 0.655. The lowest BCUT2D eigenvalue weighted by Crippen LogP contribution is -2.50. The van der Waals surface area contributed by atoms with E-state index in [1.165, 1.54) is 39.9 Å². The second-order valence-corrected chi connectivity index (χ2v) is 6.65. The van der Waals surface area contributed by atoms with Crippen molar-refractivity contribution in [3.63, 3.8) is 0 Å². The largest absolute Gasteiger partial charge is 0.474 e. The fourth-order valence-corrected chi connectivity index (χ4v) is 3.08. The van der Waals surface area contributed by atoms with Crippen LogP contribution in [-0.2, 0) is 16.1 Å². The summed E-state index contributed by atoms with van der Waals surface area (Å²) in [6.45, 7) is 0.761. The van der Waals surface area contributed by atoms with Crippen LogP contribution in [0.5, 0.6) is 0 Å². The molecule has 1 aliphatic rings. The van der Waals surface area contributed by atoms with Crippen molar-refractivity contribution in [2.45, 2.75) is 6.54 Å². The summed E-state index contributed by atoms with van der Waals surface area (Å²) in [6, 6.07) is 2.35. The molecule has 1 fully saturated rings. The molecule has 1 aliphatic heterocycles. The number of aliphatic hydroxyl groups excluding tert-OH is 1. The number of benzene rings is 1. The SMILES string of the molecule is COC(=S)NCc1cn(-c2cc(F)c(N3CCN(C(=O)CO)CC3)c(F)c2)nn1. The van der Waals surface area contributed by atoms with Gasteiger partial charge in [0.15, 0.2) is 11.6 Å². The minimum Gasteiger partial charge on any atom is -0.474 e. The molecule has 12 heteroatoms. The zero-order chi connectivity index (χ0) is 21.0. The maximum Gasteiger partial charge on any atom is 0.256 e. The molecule has 0 saturated carbocycles. The molecule has 0 atom stereocenters. The van der Waals surface area contributed by atoms with Gasteiger partial charge in [0.2, 0.25) is 5.91 Å². The number of piperazine rings is 1. The van der Waals surface area contributed by atoms with Gasteiger partial charge in [-0.3, -0.25) is 4.79 Å². The highest BCUT2D eigenvalue weighted by molar-refractivity contribution is 7.80. The van der Waals surface area contributed by atoms with Gasteiger partial charge >= 0.3 is 0 Å². The third kappa shape index (κ3) is 4.77. The summed E-state index contributed by atoms with van der Waals surface area (Å²) in [7, 11) is 1.43. The van der Waals surface area contributed by atoms with Crippen molar-refractivity contribution >= 4 is 29.0 Å². The Bertz CT molecular complexity index is 878. The van der Waals surface area contributed by atoms with Crippen LogP contribution in [0.3, 0.4) is 0 Å². The Labute approximate surface area is 170 Å². The van der Waals surface area contributed by atoms with Crippen molar-refractivity contribution in [1.82, 2.24) is 25.2 Å². The number of amides is 1. The molecule has 1 amide bonds. The number of carbonyl (C=O) groups is 1. The maximum absolute atomic E-state index is 14.7. The molecular weight excluding hydrogens is 406 g/mol. The zero-order valence-electron chi connectivity index (χ0n) is 15.6. The normalized spacial score (nSPS) is 14.1. The van der Waals surface area contributed by atoms with E-state index in [1.54, 1.807) is 0 Å². The Morgan fingerprint density at radius 3 is 2.52 bits per heavy atom. The van der Waals surface area contributed by atoms with E-state index in [9.17, 15) is 13.6 Å². The molecule has 0 unspecified atom stereocenters. The van der Waals surface area contributed by atoms with E-state index in [0.29, 0.717) is 5.69 Å². The lowest BCUT2D eigenvalue weighted by atomic mass is 10.2. The average Bonchev–Trinajstić information content (AvgIpc) is 3.20. The summed E-state index contributed by atoms with van der Waals surface area (Å²) >= 11 is 4.87. The van der Waals surface area contributed by atoms with Crippen LogP contribution in [0.25, 0.3) is 5.69 Å². The minimum absolute atomic E-state index is 0.155. The summed E-state index contributed by atoms with van der Waals surface area (Å²) in [4.78, 5) is 14.5. The predicted molar refractivity (Wildman–Crippen MR) is 104 cm³/mol. The molecular formula is C17H20F2N6O3S. The Kier molecular flexibility index (Phi) is 6.54. The number of carbonyl (C=O) groups excluding carboxylic acids is 1. The number of nitrogens with zero attached hydrogens (tertiary/aromatic N) is 5. The van der Waals surface area contributed by atoms with Gasteiger partial charge in [0.1, 0.15) is 18.0 Å². The van der Waals surface area contributed by atoms with Crippen molar-refractivity contribution in [3.05, 3.63) is 35.7 Å². The zero-order valence-corrected chi connectivity index (χ0v) is 16.5. The molecule has 2 heterocycles. The molecule has 9 nitrogen and oxygen atoms in total. The number of hydrogen-bond acceptors (Lipinski definition) is 7. The molecule has 3 rings (SSSR count). The first-order chi connectivity index (χ1) is 13.9. The number of ether oxygens (including phenoxy) is 1. The van der Waals surface area contributed by atoms with Gasteiger partial charge in [0.25, 0.3) is 5.17 Å². The van der Waals surface area contributed by atoms with Crippen LogP contribution in [0.2, 0.25) is 0 Å². The van der Waals surface area contributed by atoms with E-state index in [1.807, 2.05) is 0 Å². The van der Waals surface area contributed by atoms with Gasteiger partial charge in [0.05, 0.1) is 25.5 Å². The van der Waals surface area contributed by atoms with Crippen LogP contribution in [0.15, 0.2) is 18.3 Å². The number of methoxy groups -OCH3 is 1. The summed E-state index contributed by atoms with van der Waals surface area (Å²) in [5, 5.41) is 19.7. The van der Waals surface area contributed by atoms with Crippen molar-refractivity contribution < 1.29 is 23.4 Å². The molecule has 0 bridgehead atoms. The summed E-state index contributed by atoms with van der Waals surface area (Å²) in [5.74, 6) is -1.88. The topological polar surface area (TPSA) is 95.8 Å². The highest BCUT2D eigenvalue weighted by atomic mass is 32.1. The lowest BCUT2D eigenvalue weighted by Gasteiger charge is -2.36. The van der Waals surface area contributed by atoms with Gasteiger partial charge in [-0.2, -0.15) is 0 Å². The van der Waals surface area contributed by atoms with Crippen LogP contribution in [0.1, 0.15) is 5.69 Å². The van der Waals surface area contributed by atoms with Crippen LogP contribution in [-0.4, -0.2) is 76.0 Å². The molecule has 0 spiro atoms. The number of hydrogen-bond donors (Lipinski definition) is 2. The first kappa shape index (κ1) is 20.9. The Hall–Kier alpha value is -2.86. The summed E-state index contributed by atoms with van der Waals surface area (Å²) in [5.41, 5.74) is 0.544. The van der Waals surface area contributed by atoms with E-state index in [4.69, 9.17) is 22.1 Å². The third-order valence-electron chi connectivity index (χ3n) is 4.49. The van der Waals surface area contributed by atoms with Crippen LogP contribution in [0, 0.1) is 11.6 Å². The second kappa shape index (κ2) is 9.09. The maximum atomic E-state index is 14.7. The molecule has 2 aromatic rings. The molecule has 1 aromatic carbocycles. The van der Waals surface area contributed by atoms with E-state index in [2.05, 4.69) is 15.6 Å². The number of rotatable bonds is 5. The Morgan fingerprint density at radius 1 is 1.28 bits per heavy atom. The third-order valence-corrected chi connectivity index (χ3v) is 4.80. The highest BCUT2D eigenvalue weighted by Gasteiger charge is 2.25. The number of thiocarbonyl (C=S) groups is 1. The monoisotopic (exact) mass is 426 g/mol. The molecule has 2 N–H and O–H groups in total. The van der Waals surface area contributed by atoms with Gasteiger partial charge in [0, 0.05) is 38.3 Å². The molecule has 1 aromatic heterocycles. The van der Waals surface area contributed by atoms with Crippen molar-refractivity contribution in [2.75, 3.05) is 44.8 Å². The van der Waals surface area contributed by atoms with Crippen molar-refractivity contribution in [3.8, 4) is 5.69 Å². The fourth-order valence-electron chi connectivity index (χ4n) is 3.01. The van der Waals surface area contributed by atoms with Gasteiger partial charge in [-0.25, -0.2) is 13.5 Å². The van der Waals surface area contributed by atoms with Crippen molar-refractivity contribution in [2.24, 2.45) is 0 Å². The minimum atomic E-state index is -0.738. The molecule has 0 aliphatic carbocycles. The first-order valence-electron chi connectivity index (χ1n) is 8.79. The predicted octanol–water partition coefficient (Wildman–Crippen LogP) is 0.207. The number of aliphatic hydroxyl groups is 1. The van der Waals surface area contributed by atoms with Gasteiger partial charge in [-0.15, -0.1) is 5.10 Å². The summed E-state index contributed by atoms with van der Waals surface area (Å²) < 4.78 is 35.5. The number of aromatic nitrogens is 3. The van der Waals surface area contributed by atoms with E-state index < -0.39 is 24.1 Å². The molecule has 1 saturated heterocycles. The lowest BCUT2D eigenvalue weighted by molar-refractivity contribution is -0.134. The second-order valence-electron chi connectivity index (χ2n) is 6.28. The average molecular weight is 426 g/mol. The molecule has 0 radical (unpaired) electrons. The standard InChI is InChI=1S/C17H20F2N6O3S/c1-28-17(29)20-8-11-9-25(22-21-11)12-6-13(18)16(14(19)7-12)24-4-2-23(3-5-24)15(27)10-26/h6-7,9,26H,2-5,8,10H2,1H3,(H,20,29). The first-order valence-corrected chi connectivity index (χ1v) is 9.19. The Morgan fingerprint density at radius 2 is 1.93 bits per heavy atom. The van der Waals surface area contributed by atoms with E-state index in [-0.39, 0.29) is 49.3 Å². The van der Waals surface area contributed by atoms with Gasteiger partial charge in [-0.05, 0) is 12.2 Å². The molecule has 29 heavy (non-hydrogen) atoms. The number of anilines is 1. The van der Waals surface area contributed by atoms with E-state index >= 15 is 0 Å². The van der Waals surface area contributed by atoms with Crippen LogP contribution >= 0.6 is 12.2 Å². The summed E-state index contributed by atoms with van der Waals surface area (Å²) in [6.07, 6.45) is 1.53.